The SMILES string of the molecule is CCN(CC)CCNC(=NC)NCc1ccccc1F. The third-order valence-electron chi connectivity index (χ3n) is 3.24. The highest BCUT2D eigenvalue weighted by Crippen LogP contribution is 2.05. The van der Waals surface area contributed by atoms with Crippen LogP contribution in [0.3, 0.4) is 0 Å². The number of likely N-dealkylation sites (N-methyl/N-ethyl adjacent to an activating group) is 1. The van der Waals surface area contributed by atoms with Gasteiger partial charge in [0.1, 0.15) is 5.82 Å². The number of hydrogen-bond donors (Lipinski definition) is 2. The Morgan fingerprint density at radius 1 is 1.20 bits per heavy atom. The van der Waals surface area contributed by atoms with Gasteiger partial charge < -0.3 is 15.5 Å². The Kier molecular flexibility index (Phi) is 7.65. The van der Waals surface area contributed by atoms with Crippen molar-refractivity contribution >= 4 is 5.96 Å². The first-order valence-corrected chi connectivity index (χ1v) is 7.11. The Labute approximate surface area is 121 Å². The molecule has 0 radical (unpaired) electrons. The van der Waals surface area contributed by atoms with E-state index in [0.29, 0.717) is 18.1 Å². The topological polar surface area (TPSA) is 39.7 Å². The third kappa shape index (κ3) is 5.57. The van der Waals surface area contributed by atoms with E-state index >= 15 is 0 Å². The molecule has 0 aliphatic carbocycles. The lowest BCUT2D eigenvalue weighted by atomic mass is 10.2. The molecule has 0 aliphatic rings. The van der Waals surface area contributed by atoms with Crippen LogP contribution in [0, 0.1) is 5.82 Å². The lowest BCUT2D eigenvalue weighted by Crippen LogP contribution is -2.41. The van der Waals surface area contributed by atoms with Gasteiger partial charge in [-0.25, -0.2) is 4.39 Å². The second-order valence-corrected chi connectivity index (χ2v) is 4.47. The van der Waals surface area contributed by atoms with Gasteiger partial charge in [0.25, 0.3) is 0 Å². The fourth-order valence-corrected chi connectivity index (χ4v) is 1.91. The summed E-state index contributed by atoms with van der Waals surface area (Å²) in [4.78, 5) is 6.47. The molecular weight excluding hydrogens is 255 g/mol. The standard InChI is InChI=1S/C15H25FN4/c1-4-20(5-2)11-10-18-15(17-3)19-12-13-8-6-7-9-14(13)16/h6-9H,4-5,10-12H2,1-3H3,(H2,17,18,19). The highest BCUT2D eigenvalue weighted by atomic mass is 19.1. The van der Waals surface area contributed by atoms with Crippen LogP contribution in [0.2, 0.25) is 0 Å². The maximum atomic E-state index is 13.5. The van der Waals surface area contributed by atoms with Crippen LogP contribution in [0.5, 0.6) is 0 Å². The zero-order valence-corrected chi connectivity index (χ0v) is 12.6. The lowest BCUT2D eigenvalue weighted by Gasteiger charge is -2.19. The van der Waals surface area contributed by atoms with Crippen molar-refractivity contribution in [2.24, 2.45) is 4.99 Å². The van der Waals surface area contributed by atoms with Gasteiger partial charge in [0, 0.05) is 32.2 Å². The molecule has 1 aromatic carbocycles. The van der Waals surface area contributed by atoms with Gasteiger partial charge in [-0.1, -0.05) is 32.0 Å². The number of benzene rings is 1. The van der Waals surface area contributed by atoms with Gasteiger partial charge in [-0.3, -0.25) is 4.99 Å². The van der Waals surface area contributed by atoms with Gasteiger partial charge in [0.15, 0.2) is 5.96 Å². The number of hydrogen-bond acceptors (Lipinski definition) is 2. The number of nitrogens with one attached hydrogen (secondary N) is 2. The predicted molar refractivity (Wildman–Crippen MR) is 82.4 cm³/mol. The Hall–Kier alpha value is -1.62. The molecule has 4 nitrogen and oxygen atoms in total. The van der Waals surface area contributed by atoms with Crippen LogP contribution in [0.15, 0.2) is 29.3 Å². The molecule has 0 fully saturated rings. The second kappa shape index (κ2) is 9.31. The van der Waals surface area contributed by atoms with Gasteiger partial charge in [0.05, 0.1) is 0 Å². The summed E-state index contributed by atoms with van der Waals surface area (Å²) < 4.78 is 13.5. The first-order valence-electron chi connectivity index (χ1n) is 7.11. The Balaban J connectivity index is 2.35. The summed E-state index contributed by atoms with van der Waals surface area (Å²) in [5, 5.41) is 6.35. The van der Waals surface area contributed by atoms with E-state index in [1.165, 1.54) is 6.07 Å². The molecule has 0 spiro atoms. The fraction of sp³-hybridized carbons (Fsp3) is 0.533. The largest absolute Gasteiger partial charge is 0.355 e. The quantitative estimate of drug-likeness (QED) is 0.591. The predicted octanol–water partition coefficient (Wildman–Crippen LogP) is 1.83. The van der Waals surface area contributed by atoms with E-state index in [1.54, 1.807) is 19.2 Å². The first-order chi connectivity index (χ1) is 9.71. The molecule has 0 aromatic heterocycles. The van der Waals surface area contributed by atoms with Crippen molar-refractivity contribution in [1.82, 2.24) is 15.5 Å². The third-order valence-corrected chi connectivity index (χ3v) is 3.24. The summed E-state index contributed by atoms with van der Waals surface area (Å²) in [5.41, 5.74) is 0.638. The summed E-state index contributed by atoms with van der Waals surface area (Å²) in [5.74, 6) is 0.499. The fourth-order valence-electron chi connectivity index (χ4n) is 1.91. The Morgan fingerprint density at radius 3 is 2.50 bits per heavy atom. The smallest absolute Gasteiger partial charge is 0.191 e. The molecule has 0 amide bonds. The second-order valence-electron chi connectivity index (χ2n) is 4.47. The van der Waals surface area contributed by atoms with Crippen molar-refractivity contribution < 1.29 is 4.39 Å². The molecule has 0 bridgehead atoms. The van der Waals surface area contributed by atoms with Crippen LogP contribution in [0.4, 0.5) is 4.39 Å². The highest BCUT2D eigenvalue weighted by Gasteiger charge is 2.03. The molecule has 2 N–H and O–H groups in total. The minimum atomic E-state index is -0.196. The molecule has 0 unspecified atom stereocenters. The van der Waals surface area contributed by atoms with E-state index in [-0.39, 0.29) is 5.82 Å². The van der Waals surface area contributed by atoms with Crippen LogP contribution >= 0.6 is 0 Å². The Morgan fingerprint density at radius 2 is 1.90 bits per heavy atom. The van der Waals surface area contributed by atoms with E-state index in [4.69, 9.17) is 0 Å². The van der Waals surface area contributed by atoms with Crippen molar-refractivity contribution in [2.75, 3.05) is 33.2 Å². The normalized spacial score (nSPS) is 11.8. The maximum Gasteiger partial charge on any atom is 0.191 e. The van der Waals surface area contributed by atoms with E-state index in [1.807, 2.05) is 6.07 Å². The Bertz CT molecular complexity index is 416. The number of nitrogens with zero attached hydrogens (tertiary/aromatic N) is 2. The highest BCUT2D eigenvalue weighted by molar-refractivity contribution is 5.79. The van der Waals surface area contributed by atoms with E-state index < -0.39 is 0 Å². The molecule has 0 aliphatic heterocycles. The van der Waals surface area contributed by atoms with E-state index in [9.17, 15) is 4.39 Å². The molecule has 5 heteroatoms. The van der Waals surface area contributed by atoms with Crippen molar-refractivity contribution in [3.63, 3.8) is 0 Å². The minimum Gasteiger partial charge on any atom is -0.355 e. The number of guanidine groups is 1. The average molecular weight is 280 g/mol. The molecule has 1 rings (SSSR count). The minimum absolute atomic E-state index is 0.196. The van der Waals surface area contributed by atoms with Crippen LogP contribution in [-0.2, 0) is 6.54 Å². The van der Waals surface area contributed by atoms with E-state index in [0.717, 1.165) is 26.2 Å². The van der Waals surface area contributed by atoms with Crippen LogP contribution in [-0.4, -0.2) is 44.1 Å². The summed E-state index contributed by atoms with van der Waals surface area (Å²) in [6.07, 6.45) is 0. The summed E-state index contributed by atoms with van der Waals surface area (Å²) in [7, 11) is 1.72. The van der Waals surface area contributed by atoms with Gasteiger partial charge in [-0.05, 0) is 19.2 Å². The summed E-state index contributed by atoms with van der Waals surface area (Å²) in [6, 6.07) is 6.76. The first kappa shape index (κ1) is 16.4. The average Bonchev–Trinajstić information content (AvgIpc) is 2.48. The van der Waals surface area contributed by atoms with Crippen LogP contribution < -0.4 is 10.6 Å². The molecule has 112 valence electrons. The summed E-state index contributed by atoms with van der Waals surface area (Å²) in [6.45, 7) is 8.59. The van der Waals surface area contributed by atoms with Gasteiger partial charge in [-0.15, -0.1) is 0 Å². The van der Waals surface area contributed by atoms with Crippen molar-refractivity contribution in [1.29, 1.82) is 0 Å². The molecule has 0 heterocycles. The van der Waals surface area contributed by atoms with Gasteiger partial charge >= 0.3 is 0 Å². The molecule has 0 saturated heterocycles. The number of aliphatic imine (C=N–C) groups is 1. The van der Waals surface area contributed by atoms with Crippen molar-refractivity contribution in [3.05, 3.63) is 35.6 Å². The van der Waals surface area contributed by atoms with Crippen LogP contribution in [0.1, 0.15) is 19.4 Å². The number of rotatable bonds is 7. The zero-order valence-electron chi connectivity index (χ0n) is 12.6. The molecule has 0 atom stereocenters. The molecule has 20 heavy (non-hydrogen) atoms. The van der Waals surface area contributed by atoms with Gasteiger partial charge in [-0.2, -0.15) is 0 Å². The molecular formula is C15H25FN4. The zero-order chi connectivity index (χ0) is 14.8. The van der Waals surface area contributed by atoms with Gasteiger partial charge in [0.2, 0.25) is 0 Å². The van der Waals surface area contributed by atoms with Crippen molar-refractivity contribution in [2.45, 2.75) is 20.4 Å². The van der Waals surface area contributed by atoms with Crippen molar-refractivity contribution in [3.8, 4) is 0 Å². The van der Waals surface area contributed by atoms with E-state index in [2.05, 4.69) is 34.4 Å². The monoisotopic (exact) mass is 280 g/mol. The summed E-state index contributed by atoms with van der Waals surface area (Å²) >= 11 is 0. The van der Waals surface area contributed by atoms with Crippen LogP contribution in [0.25, 0.3) is 0 Å². The molecule has 0 saturated carbocycles. The number of halogens is 1. The maximum absolute atomic E-state index is 13.5. The molecule has 1 aromatic rings. The lowest BCUT2D eigenvalue weighted by molar-refractivity contribution is 0.308.